The summed E-state index contributed by atoms with van der Waals surface area (Å²) in [5, 5.41) is 1.82. The minimum absolute atomic E-state index is 0.0112. The van der Waals surface area contributed by atoms with E-state index < -0.39 is 0 Å². The van der Waals surface area contributed by atoms with Gasteiger partial charge in [0.25, 0.3) is 0 Å². The van der Waals surface area contributed by atoms with Crippen molar-refractivity contribution in [1.29, 1.82) is 0 Å². The van der Waals surface area contributed by atoms with E-state index in [2.05, 4.69) is 43.3 Å². The molecule has 0 aliphatic heterocycles. The fraction of sp³-hybridized carbons (Fsp3) is 0.769. The summed E-state index contributed by atoms with van der Waals surface area (Å²) in [7, 11) is 4.66. The average Bonchev–Trinajstić information content (AvgIpc) is 3.25. The molecule has 156 valence electrons. The van der Waals surface area contributed by atoms with Crippen molar-refractivity contribution in [2.24, 2.45) is 5.92 Å². The van der Waals surface area contributed by atoms with Gasteiger partial charge in [-0.3, -0.25) is 0 Å². The lowest BCUT2D eigenvalue weighted by atomic mass is 9.91. The van der Waals surface area contributed by atoms with Gasteiger partial charge >= 0.3 is 0 Å². The standard InChI is InChI=1S/C26H42NP/c1-27(2)26(21-13-9-10-14-21)24-19-11-12-20-25(24)28(22-15-5-3-6-16-22)23-17-7-4-8-18-23/h11-12,19-23,26H,3-10,13-18H2,1-2H3. The summed E-state index contributed by atoms with van der Waals surface area (Å²) in [5.74, 6) is 0.866. The highest BCUT2D eigenvalue weighted by molar-refractivity contribution is 7.67. The smallest absolute Gasteiger partial charge is 0.0376 e. The van der Waals surface area contributed by atoms with Crippen molar-refractivity contribution in [1.82, 2.24) is 4.90 Å². The number of benzene rings is 1. The minimum atomic E-state index is -0.0112. The lowest BCUT2D eigenvalue weighted by molar-refractivity contribution is 0.215. The molecule has 3 saturated carbocycles. The van der Waals surface area contributed by atoms with Crippen molar-refractivity contribution >= 4 is 13.2 Å². The van der Waals surface area contributed by atoms with E-state index in [0.717, 1.165) is 17.2 Å². The Labute approximate surface area is 175 Å². The Morgan fingerprint density at radius 1 is 0.714 bits per heavy atom. The number of rotatable bonds is 6. The maximum absolute atomic E-state index is 2.58. The summed E-state index contributed by atoms with van der Waals surface area (Å²) in [6.07, 6.45) is 20.7. The summed E-state index contributed by atoms with van der Waals surface area (Å²) in [6, 6.07) is 10.4. The van der Waals surface area contributed by atoms with Crippen LogP contribution in [-0.4, -0.2) is 30.3 Å². The van der Waals surface area contributed by atoms with Crippen LogP contribution < -0.4 is 5.30 Å². The molecular weight excluding hydrogens is 357 g/mol. The first-order valence-electron chi connectivity index (χ1n) is 12.3. The molecule has 3 fully saturated rings. The Morgan fingerprint density at radius 3 is 1.75 bits per heavy atom. The molecule has 3 aliphatic carbocycles. The lowest BCUT2D eigenvalue weighted by Gasteiger charge is -2.41. The van der Waals surface area contributed by atoms with Crippen molar-refractivity contribution in [3.63, 3.8) is 0 Å². The number of hydrogen-bond acceptors (Lipinski definition) is 1. The summed E-state index contributed by atoms with van der Waals surface area (Å²) < 4.78 is 0. The molecule has 0 aromatic heterocycles. The predicted octanol–water partition coefficient (Wildman–Crippen LogP) is 7.25. The molecule has 3 aliphatic rings. The van der Waals surface area contributed by atoms with Crippen molar-refractivity contribution in [3.05, 3.63) is 29.8 Å². The normalized spacial score (nSPS) is 24.3. The van der Waals surface area contributed by atoms with E-state index in [1.54, 1.807) is 5.56 Å². The molecule has 1 nitrogen and oxygen atoms in total. The average molecular weight is 400 g/mol. The van der Waals surface area contributed by atoms with Gasteiger partial charge in [-0.05, 0) is 80.7 Å². The molecule has 1 atom stereocenters. The van der Waals surface area contributed by atoms with Gasteiger partial charge in [-0.2, -0.15) is 0 Å². The van der Waals surface area contributed by atoms with Crippen molar-refractivity contribution < 1.29 is 0 Å². The van der Waals surface area contributed by atoms with Gasteiger partial charge in [0.15, 0.2) is 0 Å². The Morgan fingerprint density at radius 2 is 1.21 bits per heavy atom. The monoisotopic (exact) mass is 399 g/mol. The summed E-state index contributed by atoms with van der Waals surface area (Å²) in [5.41, 5.74) is 3.72. The van der Waals surface area contributed by atoms with Gasteiger partial charge in [-0.1, -0.05) is 83.6 Å². The number of nitrogens with zero attached hydrogens (tertiary/aromatic N) is 1. The fourth-order valence-corrected chi connectivity index (χ4v) is 10.6. The molecule has 0 saturated heterocycles. The van der Waals surface area contributed by atoms with Crippen LogP contribution in [0.2, 0.25) is 0 Å². The molecule has 1 unspecified atom stereocenters. The molecule has 1 aromatic carbocycles. The van der Waals surface area contributed by atoms with Crippen LogP contribution in [-0.2, 0) is 0 Å². The molecule has 0 amide bonds. The Balaban J connectivity index is 1.71. The highest BCUT2D eigenvalue weighted by Gasteiger charge is 2.36. The first-order chi connectivity index (χ1) is 13.8. The predicted molar refractivity (Wildman–Crippen MR) is 125 cm³/mol. The Hall–Kier alpha value is -0.390. The molecule has 0 N–H and O–H groups in total. The van der Waals surface area contributed by atoms with Gasteiger partial charge in [0, 0.05) is 6.04 Å². The minimum Gasteiger partial charge on any atom is -0.302 e. The SMILES string of the molecule is CN(C)C(c1ccccc1P(C1CCCCC1)C1CCCCC1)C1CCCC1. The third-order valence-electron chi connectivity index (χ3n) is 7.87. The fourth-order valence-electron chi connectivity index (χ4n) is 6.61. The molecule has 0 heterocycles. The van der Waals surface area contributed by atoms with Crippen LogP contribution in [0.5, 0.6) is 0 Å². The molecule has 1 aromatic rings. The third kappa shape index (κ3) is 4.67. The number of hydrogen-bond donors (Lipinski definition) is 0. The zero-order chi connectivity index (χ0) is 19.3. The van der Waals surface area contributed by atoms with E-state index >= 15 is 0 Å². The highest BCUT2D eigenvalue weighted by Crippen LogP contribution is 2.56. The molecular formula is C26H42NP. The van der Waals surface area contributed by atoms with Gasteiger partial charge in [-0.15, -0.1) is 0 Å². The van der Waals surface area contributed by atoms with Gasteiger partial charge in [0.05, 0.1) is 0 Å². The van der Waals surface area contributed by atoms with Crippen LogP contribution in [0.1, 0.15) is 101 Å². The molecule has 0 radical (unpaired) electrons. The van der Waals surface area contributed by atoms with Crippen LogP contribution in [0, 0.1) is 5.92 Å². The topological polar surface area (TPSA) is 3.24 Å². The maximum atomic E-state index is 2.58. The largest absolute Gasteiger partial charge is 0.302 e. The molecule has 2 heteroatoms. The van der Waals surface area contributed by atoms with E-state index in [1.807, 2.05) is 5.30 Å². The van der Waals surface area contributed by atoms with E-state index in [0.29, 0.717) is 6.04 Å². The van der Waals surface area contributed by atoms with Gasteiger partial charge in [-0.25, -0.2) is 0 Å². The van der Waals surface area contributed by atoms with E-state index in [9.17, 15) is 0 Å². The van der Waals surface area contributed by atoms with Crippen LogP contribution in [0.15, 0.2) is 24.3 Å². The molecule has 0 spiro atoms. The summed E-state index contributed by atoms with van der Waals surface area (Å²) in [4.78, 5) is 2.56. The van der Waals surface area contributed by atoms with Gasteiger partial charge in [0.2, 0.25) is 0 Å². The van der Waals surface area contributed by atoms with Crippen LogP contribution in [0.3, 0.4) is 0 Å². The summed E-state index contributed by atoms with van der Waals surface area (Å²) in [6.45, 7) is 0. The van der Waals surface area contributed by atoms with E-state index in [-0.39, 0.29) is 7.92 Å². The van der Waals surface area contributed by atoms with Crippen LogP contribution in [0.25, 0.3) is 0 Å². The molecule has 28 heavy (non-hydrogen) atoms. The van der Waals surface area contributed by atoms with Crippen molar-refractivity contribution in [3.8, 4) is 0 Å². The second kappa shape index (κ2) is 10.1. The summed E-state index contributed by atoms with van der Waals surface area (Å²) >= 11 is 0. The Kier molecular flexibility index (Phi) is 7.51. The second-order valence-corrected chi connectivity index (χ2v) is 12.8. The van der Waals surface area contributed by atoms with E-state index in [4.69, 9.17) is 0 Å². The zero-order valence-corrected chi connectivity index (χ0v) is 19.3. The molecule has 0 bridgehead atoms. The van der Waals surface area contributed by atoms with Crippen molar-refractivity contribution in [2.75, 3.05) is 14.1 Å². The highest BCUT2D eigenvalue weighted by atomic mass is 31.1. The first kappa shape index (κ1) is 20.9. The second-order valence-electron chi connectivity index (χ2n) is 10.0. The Bertz CT molecular complexity index is 576. The van der Waals surface area contributed by atoms with Gasteiger partial charge < -0.3 is 4.90 Å². The van der Waals surface area contributed by atoms with Gasteiger partial charge in [0.1, 0.15) is 0 Å². The van der Waals surface area contributed by atoms with Crippen molar-refractivity contribution in [2.45, 2.75) is 107 Å². The first-order valence-corrected chi connectivity index (χ1v) is 13.8. The molecule has 4 rings (SSSR count). The maximum Gasteiger partial charge on any atom is 0.0376 e. The van der Waals surface area contributed by atoms with Crippen LogP contribution in [0.4, 0.5) is 0 Å². The quantitative estimate of drug-likeness (QED) is 0.455. The zero-order valence-electron chi connectivity index (χ0n) is 18.4. The van der Waals surface area contributed by atoms with Crippen LogP contribution >= 0.6 is 7.92 Å². The lowest BCUT2D eigenvalue weighted by Crippen LogP contribution is -2.33. The third-order valence-corrected chi connectivity index (χ3v) is 11.4. The van der Waals surface area contributed by atoms with E-state index in [1.165, 1.54) is 89.9 Å².